The first-order valence-corrected chi connectivity index (χ1v) is 4.24. The molecule has 0 amide bonds. The summed E-state index contributed by atoms with van der Waals surface area (Å²) in [4.78, 5) is 14.6. The van der Waals surface area contributed by atoms with Crippen LogP contribution in [0.15, 0.2) is 29.4 Å². The molecule has 6 heteroatoms. The first-order valence-electron chi connectivity index (χ1n) is 4.24. The number of nitrogens with zero attached hydrogens (tertiary/aromatic N) is 2. The molecule has 0 aliphatic rings. The van der Waals surface area contributed by atoms with Crippen molar-refractivity contribution in [1.29, 1.82) is 0 Å². The summed E-state index contributed by atoms with van der Waals surface area (Å²) in [6, 6.07) is 6.00. The summed E-state index contributed by atoms with van der Waals surface area (Å²) >= 11 is 0. The van der Waals surface area contributed by atoms with Gasteiger partial charge in [-0.2, -0.15) is 0 Å². The first-order chi connectivity index (χ1) is 7.24. The van der Waals surface area contributed by atoms with E-state index in [4.69, 9.17) is 5.11 Å². The van der Waals surface area contributed by atoms with Gasteiger partial charge in [0.05, 0.1) is 17.7 Å². The highest BCUT2D eigenvalue weighted by molar-refractivity contribution is 5.80. The Hall–Kier alpha value is -1.95. The van der Waals surface area contributed by atoms with E-state index in [1.165, 1.54) is 18.3 Å². The van der Waals surface area contributed by atoms with Crippen molar-refractivity contribution in [3.63, 3.8) is 0 Å². The van der Waals surface area contributed by atoms with Gasteiger partial charge in [0.25, 0.3) is 5.69 Å². The number of hydrogen-bond donors (Lipinski definition) is 1. The summed E-state index contributed by atoms with van der Waals surface area (Å²) < 4.78 is 0. The van der Waals surface area contributed by atoms with Crippen LogP contribution in [0.2, 0.25) is 0 Å². The second-order valence-corrected chi connectivity index (χ2v) is 2.64. The molecule has 0 saturated carbocycles. The molecule has 0 unspecified atom stereocenters. The molecule has 0 radical (unpaired) electrons. The van der Waals surface area contributed by atoms with E-state index in [9.17, 15) is 10.1 Å². The molecule has 6 nitrogen and oxygen atoms in total. The van der Waals surface area contributed by atoms with Gasteiger partial charge in [-0.3, -0.25) is 10.1 Å². The van der Waals surface area contributed by atoms with Crippen LogP contribution in [-0.4, -0.2) is 29.5 Å². The van der Waals surface area contributed by atoms with E-state index in [-0.39, 0.29) is 18.9 Å². The molecule has 15 heavy (non-hydrogen) atoms. The van der Waals surface area contributed by atoms with Crippen molar-refractivity contribution in [2.45, 2.75) is 0 Å². The molecule has 80 valence electrons. The SMILES string of the molecule is O=[N+]([O-])c1cccc(/C=N\OCCO)c1. The lowest BCUT2D eigenvalue weighted by Gasteiger charge is -1.95. The van der Waals surface area contributed by atoms with E-state index in [0.29, 0.717) is 5.56 Å². The number of rotatable bonds is 5. The van der Waals surface area contributed by atoms with E-state index in [1.54, 1.807) is 12.1 Å². The summed E-state index contributed by atoms with van der Waals surface area (Å²) in [5, 5.41) is 22.3. The summed E-state index contributed by atoms with van der Waals surface area (Å²) in [6.45, 7) is -0.0162. The summed E-state index contributed by atoms with van der Waals surface area (Å²) in [5.74, 6) is 0. The lowest BCUT2D eigenvalue weighted by Crippen LogP contribution is -1.94. The molecule has 0 aliphatic carbocycles. The monoisotopic (exact) mass is 210 g/mol. The Morgan fingerprint density at radius 2 is 2.40 bits per heavy atom. The fourth-order valence-electron chi connectivity index (χ4n) is 0.910. The average Bonchev–Trinajstić information content (AvgIpc) is 2.25. The van der Waals surface area contributed by atoms with Crippen LogP contribution in [0.5, 0.6) is 0 Å². The number of aliphatic hydroxyl groups excluding tert-OH is 1. The van der Waals surface area contributed by atoms with Gasteiger partial charge in [-0.15, -0.1) is 0 Å². The zero-order valence-electron chi connectivity index (χ0n) is 7.87. The zero-order valence-corrected chi connectivity index (χ0v) is 7.87. The standard InChI is InChI=1S/C9H10N2O4/c12-4-5-15-10-7-8-2-1-3-9(6-8)11(13)14/h1-3,6-7,12H,4-5H2/b10-7-. The molecule has 0 fully saturated rings. The van der Waals surface area contributed by atoms with Crippen molar-refractivity contribution in [2.24, 2.45) is 5.16 Å². The third-order valence-corrected chi connectivity index (χ3v) is 1.54. The van der Waals surface area contributed by atoms with Crippen molar-refractivity contribution < 1.29 is 14.9 Å². The Morgan fingerprint density at radius 3 is 3.07 bits per heavy atom. The fourth-order valence-corrected chi connectivity index (χ4v) is 0.910. The van der Waals surface area contributed by atoms with Crippen LogP contribution < -0.4 is 0 Å². The minimum Gasteiger partial charge on any atom is -0.393 e. The Bertz CT molecular complexity index is 365. The maximum absolute atomic E-state index is 10.4. The number of benzene rings is 1. The molecule has 1 rings (SSSR count). The van der Waals surface area contributed by atoms with Gasteiger partial charge in [-0.1, -0.05) is 17.3 Å². The summed E-state index contributed by atoms with van der Waals surface area (Å²) in [6.07, 6.45) is 1.35. The van der Waals surface area contributed by atoms with Crippen molar-refractivity contribution in [2.75, 3.05) is 13.2 Å². The third kappa shape index (κ3) is 3.74. The lowest BCUT2D eigenvalue weighted by atomic mass is 10.2. The predicted octanol–water partition coefficient (Wildman–Crippen LogP) is 0.938. The second kappa shape index (κ2) is 5.71. The Morgan fingerprint density at radius 1 is 1.60 bits per heavy atom. The molecular formula is C9H10N2O4. The lowest BCUT2D eigenvalue weighted by molar-refractivity contribution is -0.384. The highest BCUT2D eigenvalue weighted by Crippen LogP contribution is 2.11. The molecule has 0 aliphatic heterocycles. The topological polar surface area (TPSA) is 85.0 Å². The largest absolute Gasteiger partial charge is 0.393 e. The Labute approximate surface area is 85.9 Å². The van der Waals surface area contributed by atoms with Gasteiger partial charge in [0.1, 0.15) is 6.61 Å². The summed E-state index contributed by atoms with van der Waals surface area (Å²) in [5.41, 5.74) is 0.572. The molecule has 1 aromatic carbocycles. The van der Waals surface area contributed by atoms with Gasteiger partial charge in [0.2, 0.25) is 0 Å². The van der Waals surface area contributed by atoms with Crippen LogP contribution in [0.1, 0.15) is 5.56 Å². The average molecular weight is 210 g/mol. The number of aliphatic hydroxyl groups is 1. The van der Waals surface area contributed by atoms with Crippen molar-refractivity contribution in [3.8, 4) is 0 Å². The van der Waals surface area contributed by atoms with E-state index in [2.05, 4.69) is 9.99 Å². The van der Waals surface area contributed by atoms with Crippen LogP contribution in [-0.2, 0) is 4.84 Å². The van der Waals surface area contributed by atoms with E-state index < -0.39 is 4.92 Å². The van der Waals surface area contributed by atoms with Crippen LogP contribution in [0, 0.1) is 10.1 Å². The van der Waals surface area contributed by atoms with Crippen molar-refractivity contribution >= 4 is 11.9 Å². The number of nitro benzene ring substituents is 1. The molecule has 0 spiro atoms. The molecule has 1 aromatic rings. The van der Waals surface area contributed by atoms with Crippen LogP contribution >= 0.6 is 0 Å². The van der Waals surface area contributed by atoms with Crippen LogP contribution in [0.25, 0.3) is 0 Å². The molecule has 0 saturated heterocycles. The number of nitro groups is 1. The molecule has 0 heterocycles. The fraction of sp³-hybridized carbons (Fsp3) is 0.222. The molecule has 1 N–H and O–H groups in total. The second-order valence-electron chi connectivity index (χ2n) is 2.64. The molecule has 0 bridgehead atoms. The van der Waals surface area contributed by atoms with Gasteiger partial charge in [0, 0.05) is 17.7 Å². The van der Waals surface area contributed by atoms with Gasteiger partial charge < -0.3 is 9.94 Å². The maximum atomic E-state index is 10.4. The highest BCUT2D eigenvalue weighted by Gasteiger charge is 2.03. The van der Waals surface area contributed by atoms with Gasteiger partial charge in [-0.05, 0) is 0 Å². The quantitative estimate of drug-likeness (QED) is 0.339. The number of non-ortho nitro benzene ring substituents is 1. The predicted molar refractivity (Wildman–Crippen MR) is 53.7 cm³/mol. The van der Waals surface area contributed by atoms with Crippen molar-refractivity contribution in [3.05, 3.63) is 39.9 Å². The van der Waals surface area contributed by atoms with E-state index in [0.717, 1.165) is 0 Å². The highest BCUT2D eigenvalue weighted by atomic mass is 16.6. The zero-order chi connectivity index (χ0) is 11.1. The van der Waals surface area contributed by atoms with Gasteiger partial charge in [-0.25, -0.2) is 0 Å². The minimum absolute atomic E-state index is 0.00103. The first kappa shape index (κ1) is 11.1. The third-order valence-electron chi connectivity index (χ3n) is 1.54. The summed E-state index contributed by atoms with van der Waals surface area (Å²) in [7, 11) is 0. The minimum atomic E-state index is -0.480. The van der Waals surface area contributed by atoms with Gasteiger partial charge in [0.15, 0.2) is 0 Å². The smallest absolute Gasteiger partial charge is 0.270 e. The molecular weight excluding hydrogens is 200 g/mol. The van der Waals surface area contributed by atoms with Gasteiger partial charge >= 0.3 is 0 Å². The van der Waals surface area contributed by atoms with Crippen LogP contribution in [0.4, 0.5) is 5.69 Å². The molecule has 0 atom stereocenters. The Balaban J connectivity index is 2.65. The number of hydrogen-bond acceptors (Lipinski definition) is 5. The van der Waals surface area contributed by atoms with Crippen LogP contribution in [0.3, 0.4) is 0 Å². The number of oxime groups is 1. The van der Waals surface area contributed by atoms with E-state index in [1.807, 2.05) is 0 Å². The maximum Gasteiger partial charge on any atom is 0.270 e. The van der Waals surface area contributed by atoms with Crippen molar-refractivity contribution in [1.82, 2.24) is 0 Å². The molecule has 0 aromatic heterocycles. The Kier molecular flexibility index (Phi) is 4.24. The normalized spacial score (nSPS) is 10.5. The van der Waals surface area contributed by atoms with E-state index >= 15 is 0 Å².